The zero-order chi connectivity index (χ0) is 7.94. The Hall–Kier alpha value is -0.741. The topological polar surface area (TPSA) is 20.2 Å². The summed E-state index contributed by atoms with van der Waals surface area (Å²) in [5, 5.41) is 8.38. The van der Waals surface area contributed by atoms with Gasteiger partial charge in [-0.25, -0.2) is 0 Å². The molecule has 0 atom stereocenters. The zero-order valence-corrected chi connectivity index (χ0v) is 7.66. The summed E-state index contributed by atoms with van der Waals surface area (Å²) in [5.41, 5.74) is 0. The predicted molar refractivity (Wildman–Crippen MR) is 46.7 cm³/mol. The van der Waals surface area contributed by atoms with Gasteiger partial charge in [-0.3, -0.25) is 0 Å². The molecule has 0 heterocycles. The van der Waals surface area contributed by atoms with E-state index in [1.807, 2.05) is 30.3 Å². The Morgan fingerprint density at radius 1 is 1.27 bits per heavy atom. The first-order valence-electron chi connectivity index (χ1n) is 3.24. The zero-order valence-electron chi connectivity index (χ0n) is 5.95. The van der Waals surface area contributed by atoms with Crippen LogP contribution in [0.5, 0.6) is 0 Å². The Kier molecular flexibility index (Phi) is 3.79. The van der Waals surface area contributed by atoms with Crippen LogP contribution in [0.1, 0.15) is 0 Å². The van der Waals surface area contributed by atoms with Gasteiger partial charge in [0, 0.05) is 0 Å². The molecule has 0 radical (unpaired) electrons. The van der Waals surface area contributed by atoms with E-state index in [4.69, 9.17) is 5.11 Å². The monoisotopic (exact) mass is 212 g/mol. The van der Waals surface area contributed by atoms with E-state index >= 15 is 0 Å². The molecule has 0 saturated heterocycles. The van der Waals surface area contributed by atoms with Crippen molar-refractivity contribution in [2.75, 3.05) is 6.61 Å². The van der Waals surface area contributed by atoms with Crippen LogP contribution in [0.2, 0.25) is 0 Å². The van der Waals surface area contributed by atoms with Gasteiger partial charge in [-0.05, 0) is 0 Å². The van der Waals surface area contributed by atoms with E-state index in [-0.39, 0.29) is 21.6 Å². The van der Waals surface area contributed by atoms with Crippen molar-refractivity contribution in [3.8, 4) is 10.7 Å². The number of hydrogen-bond donors (Lipinski definition) is 1. The molecule has 0 spiro atoms. The SMILES string of the molecule is OCC#C[Se]c1ccccc1. The van der Waals surface area contributed by atoms with Gasteiger partial charge in [-0.15, -0.1) is 0 Å². The van der Waals surface area contributed by atoms with Gasteiger partial charge in [0.15, 0.2) is 0 Å². The van der Waals surface area contributed by atoms with E-state index < -0.39 is 0 Å². The Labute approximate surface area is 72.6 Å². The second-order valence-corrected chi connectivity index (χ2v) is 3.70. The molecule has 1 nitrogen and oxygen atoms in total. The van der Waals surface area contributed by atoms with E-state index in [2.05, 4.69) is 10.7 Å². The summed E-state index contributed by atoms with van der Waals surface area (Å²) in [5.74, 6) is 2.63. The number of hydrogen-bond acceptors (Lipinski definition) is 1. The molecular weight excluding hydrogens is 203 g/mol. The van der Waals surface area contributed by atoms with E-state index in [9.17, 15) is 0 Å². The Morgan fingerprint density at radius 3 is 2.64 bits per heavy atom. The van der Waals surface area contributed by atoms with Crippen molar-refractivity contribution in [2.45, 2.75) is 0 Å². The van der Waals surface area contributed by atoms with Crippen LogP contribution in [0.15, 0.2) is 30.3 Å². The number of aliphatic hydroxyl groups is 1. The molecule has 11 heavy (non-hydrogen) atoms. The molecule has 0 unspecified atom stereocenters. The van der Waals surface area contributed by atoms with Crippen LogP contribution >= 0.6 is 0 Å². The summed E-state index contributed by atoms with van der Waals surface area (Å²) in [6.45, 7) is -0.0332. The molecule has 1 N–H and O–H groups in total. The quantitative estimate of drug-likeness (QED) is 0.511. The standard InChI is InChI=1S/C9H8OSe/c10-7-4-8-11-9-5-2-1-3-6-9/h1-3,5-6,10H,7H2. The Morgan fingerprint density at radius 2 is 2.00 bits per heavy atom. The van der Waals surface area contributed by atoms with Crippen LogP contribution < -0.4 is 4.46 Å². The van der Waals surface area contributed by atoms with Crippen molar-refractivity contribution in [2.24, 2.45) is 0 Å². The van der Waals surface area contributed by atoms with Crippen LogP contribution in [0, 0.1) is 10.7 Å². The number of aliphatic hydroxyl groups excluding tert-OH is 1. The van der Waals surface area contributed by atoms with Crippen molar-refractivity contribution in [3.05, 3.63) is 30.3 Å². The van der Waals surface area contributed by atoms with Crippen LogP contribution in [-0.4, -0.2) is 26.7 Å². The van der Waals surface area contributed by atoms with Crippen LogP contribution in [0.25, 0.3) is 0 Å². The fraction of sp³-hybridized carbons (Fsp3) is 0.111. The van der Waals surface area contributed by atoms with E-state index in [0.29, 0.717) is 0 Å². The third-order valence-electron chi connectivity index (χ3n) is 1.06. The molecule has 0 fully saturated rings. The maximum absolute atomic E-state index is 8.38. The van der Waals surface area contributed by atoms with E-state index in [0.717, 1.165) is 0 Å². The summed E-state index contributed by atoms with van der Waals surface area (Å²) in [4.78, 5) is 2.91. The van der Waals surface area contributed by atoms with Gasteiger partial charge in [0.05, 0.1) is 0 Å². The summed E-state index contributed by atoms with van der Waals surface area (Å²) >= 11 is 0.198. The molecular formula is C9H8OSe. The Balaban J connectivity index is 2.52. The normalized spacial score (nSPS) is 8.45. The molecule has 1 aromatic carbocycles. The van der Waals surface area contributed by atoms with Gasteiger partial charge < -0.3 is 0 Å². The Bertz CT molecular complexity index is 258. The molecule has 0 saturated carbocycles. The predicted octanol–water partition coefficient (Wildman–Crippen LogP) is -0.0307. The average molecular weight is 211 g/mol. The minimum atomic E-state index is -0.0332. The molecule has 0 amide bonds. The van der Waals surface area contributed by atoms with Gasteiger partial charge in [0.1, 0.15) is 0 Å². The third-order valence-corrected chi connectivity index (χ3v) is 2.65. The molecule has 0 aliphatic heterocycles. The number of rotatable bonds is 1. The second-order valence-electron chi connectivity index (χ2n) is 1.85. The molecule has 0 aliphatic carbocycles. The maximum atomic E-state index is 8.38. The second kappa shape index (κ2) is 4.98. The summed E-state index contributed by atoms with van der Waals surface area (Å²) in [7, 11) is 0. The van der Waals surface area contributed by atoms with Gasteiger partial charge in [0.25, 0.3) is 0 Å². The number of benzene rings is 1. The van der Waals surface area contributed by atoms with E-state index in [1.54, 1.807) is 0 Å². The van der Waals surface area contributed by atoms with Gasteiger partial charge in [0.2, 0.25) is 0 Å². The molecule has 0 aliphatic rings. The average Bonchev–Trinajstić information content (AvgIpc) is 2.07. The van der Waals surface area contributed by atoms with Gasteiger partial charge in [-0.1, -0.05) is 0 Å². The minimum absolute atomic E-state index is 0.0332. The summed E-state index contributed by atoms with van der Waals surface area (Å²) in [6.07, 6.45) is 0. The molecule has 0 bridgehead atoms. The van der Waals surface area contributed by atoms with Crippen molar-refractivity contribution in [1.82, 2.24) is 0 Å². The van der Waals surface area contributed by atoms with Gasteiger partial charge in [-0.2, -0.15) is 0 Å². The van der Waals surface area contributed by atoms with Crippen molar-refractivity contribution < 1.29 is 5.11 Å². The molecule has 0 aromatic heterocycles. The summed E-state index contributed by atoms with van der Waals surface area (Å²) in [6, 6.07) is 10.1. The van der Waals surface area contributed by atoms with E-state index in [1.165, 1.54) is 4.46 Å². The molecule has 56 valence electrons. The van der Waals surface area contributed by atoms with Crippen molar-refractivity contribution >= 4 is 19.4 Å². The van der Waals surface area contributed by atoms with Crippen LogP contribution in [0.3, 0.4) is 0 Å². The molecule has 1 rings (SSSR count). The van der Waals surface area contributed by atoms with Crippen LogP contribution in [0.4, 0.5) is 0 Å². The third kappa shape index (κ3) is 3.25. The first-order valence-corrected chi connectivity index (χ1v) is 4.95. The fourth-order valence-electron chi connectivity index (χ4n) is 0.616. The fourth-order valence-corrected chi connectivity index (χ4v) is 1.77. The van der Waals surface area contributed by atoms with Gasteiger partial charge >= 0.3 is 72.2 Å². The summed E-state index contributed by atoms with van der Waals surface area (Å²) < 4.78 is 1.25. The first-order chi connectivity index (χ1) is 5.43. The van der Waals surface area contributed by atoms with Crippen molar-refractivity contribution in [1.29, 1.82) is 0 Å². The first kappa shape index (κ1) is 8.36. The molecule has 1 aromatic rings. The van der Waals surface area contributed by atoms with Crippen LogP contribution in [-0.2, 0) is 0 Å². The molecule has 2 heteroatoms. The van der Waals surface area contributed by atoms with Crippen molar-refractivity contribution in [3.63, 3.8) is 0 Å².